The highest BCUT2D eigenvalue weighted by atomic mass is 16.1. The molecule has 7 aromatic rings. The van der Waals surface area contributed by atoms with Crippen LogP contribution in [0.25, 0.3) is 54.5 Å². The summed E-state index contributed by atoms with van der Waals surface area (Å²) in [5, 5.41) is 3.87. The van der Waals surface area contributed by atoms with Crippen molar-refractivity contribution >= 4 is 54.5 Å². The van der Waals surface area contributed by atoms with Crippen molar-refractivity contribution in [2.24, 2.45) is 0 Å². The van der Waals surface area contributed by atoms with Gasteiger partial charge in [0.1, 0.15) is 0 Å². The molecule has 4 nitrogen and oxygen atoms in total. The van der Waals surface area contributed by atoms with Crippen LogP contribution in [-0.4, -0.2) is 8.80 Å². The van der Waals surface area contributed by atoms with E-state index >= 15 is 0 Å². The Kier molecular flexibility index (Phi) is 2.75. The standard InChI is InChI=1S/C26H14N2O2/c29-25-17-8-2-5-11-21(17)27-22-12-6-3-9-18(22)26(30)28-20-10-4-1-7-15(20)16-13-14-19(25)24(27)23(16)28/h1-14H. The maximum Gasteiger partial charge on any atom is 0.265 e. The van der Waals surface area contributed by atoms with Crippen LogP contribution >= 0.6 is 0 Å². The Morgan fingerprint density at radius 2 is 0.933 bits per heavy atom. The molecule has 4 aromatic carbocycles. The quantitative estimate of drug-likeness (QED) is 0.346. The first kappa shape index (κ1) is 15.7. The van der Waals surface area contributed by atoms with Crippen molar-refractivity contribution in [2.45, 2.75) is 0 Å². The average Bonchev–Trinajstić information content (AvgIpc) is 3.08. The van der Waals surface area contributed by atoms with Crippen LogP contribution in [0.4, 0.5) is 0 Å². The topological polar surface area (TPSA) is 43.0 Å². The zero-order valence-corrected chi connectivity index (χ0v) is 15.8. The van der Waals surface area contributed by atoms with Gasteiger partial charge in [0.05, 0.1) is 33.0 Å². The Bertz CT molecular complexity index is 1940. The van der Waals surface area contributed by atoms with Gasteiger partial charge in [-0.1, -0.05) is 48.5 Å². The zero-order chi connectivity index (χ0) is 20.0. The molecule has 0 saturated carbocycles. The fraction of sp³-hybridized carbons (Fsp3) is 0. The van der Waals surface area contributed by atoms with Crippen molar-refractivity contribution < 1.29 is 0 Å². The molecule has 0 atom stereocenters. The smallest absolute Gasteiger partial charge is 0.265 e. The molecule has 0 aliphatic heterocycles. The first-order valence-corrected chi connectivity index (χ1v) is 9.89. The van der Waals surface area contributed by atoms with Crippen LogP contribution in [0.3, 0.4) is 0 Å². The van der Waals surface area contributed by atoms with Gasteiger partial charge in [-0.05, 0) is 36.4 Å². The summed E-state index contributed by atoms with van der Waals surface area (Å²) in [6, 6.07) is 27.1. The summed E-state index contributed by atoms with van der Waals surface area (Å²) in [5.41, 5.74) is 3.94. The van der Waals surface area contributed by atoms with Crippen molar-refractivity contribution in [3.05, 3.63) is 106 Å². The molecule has 4 heteroatoms. The number of fused-ring (bicyclic) bond motifs is 7. The van der Waals surface area contributed by atoms with Crippen LogP contribution in [0.1, 0.15) is 0 Å². The van der Waals surface area contributed by atoms with Crippen molar-refractivity contribution in [3.8, 4) is 0 Å². The second kappa shape index (κ2) is 5.24. The zero-order valence-electron chi connectivity index (χ0n) is 15.8. The van der Waals surface area contributed by atoms with Gasteiger partial charge in [-0.2, -0.15) is 0 Å². The van der Waals surface area contributed by atoms with Gasteiger partial charge in [-0.25, -0.2) is 0 Å². The minimum Gasteiger partial charge on any atom is -0.306 e. The second-order valence-electron chi connectivity index (χ2n) is 7.71. The number of hydrogen-bond donors (Lipinski definition) is 0. The molecule has 140 valence electrons. The molecular formula is C26H14N2O2. The molecule has 0 unspecified atom stereocenters. The normalized spacial score (nSPS) is 12.3. The molecule has 30 heavy (non-hydrogen) atoms. The lowest BCUT2D eigenvalue weighted by Gasteiger charge is -2.10. The van der Waals surface area contributed by atoms with E-state index in [1.807, 2.05) is 84.9 Å². The van der Waals surface area contributed by atoms with E-state index in [9.17, 15) is 9.59 Å². The van der Waals surface area contributed by atoms with Crippen molar-refractivity contribution in [3.63, 3.8) is 0 Å². The van der Waals surface area contributed by atoms with E-state index in [-0.39, 0.29) is 11.0 Å². The SMILES string of the molecule is O=c1c2ccccc2n2c3ccccc3c(=O)n3c4ccccc4c4ccc1c2c43. The van der Waals surface area contributed by atoms with E-state index < -0.39 is 0 Å². The molecule has 0 saturated heterocycles. The molecule has 0 spiro atoms. The highest BCUT2D eigenvalue weighted by Crippen LogP contribution is 2.34. The highest BCUT2D eigenvalue weighted by molar-refractivity contribution is 6.19. The summed E-state index contributed by atoms with van der Waals surface area (Å²) in [7, 11) is 0. The Morgan fingerprint density at radius 3 is 1.67 bits per heavy atom. The minimum atomic E-state index is -0.0791. The van der Waals surface area contributed by atoms with Gasteiger partial charge in [0.2, 0.25) is 0 Å². The predicted octanol–water partition coefficient (Wildman–Crippen LogP) is 4.96. The number of pyridine rings is 1. The molecular weight excluding hydrogens is 372 g/mol. The van der Waals surface area contributed by atoms with E-state index in [1.165, 1.54) is 0 Å². The second-order valence-corrected chi connectivity index (χ2v) is 7.71. The van der Waals surface area contributed by atoms with Crippen molar-refractivity contribution in [1.29, 1.82) is 0 Å². The van der Waals surface area contributed by atoms with Crippen LogP contribution in [0.15, 0.2) is 94.5 Å². The van der Waals surface area contributed by atoms with E-state index in [0.29, 0.717) is 16.2 Å². The maximum absolute atomic E-state index is 13.8. The lowest BCUT2D eigenvalue weighted by atomic mass is 10.1. The van der Waals surface area contributed by atoms with Gasteiger partial charge >= 0.3 is 0 Å². The number of nitrogens with zero attached hydrogens (tertiary/aromatic N) is 2. The highest BCUT2D eigenvalue weighted by Gasteiger charge is 2.20. The summed E-state index contributed by atoms with van der Waals surface area (Å²) < 4.78 is 3.87. The first-order valence-electron chi connectivity index (χ1n) is 9.89. The van der Waals surface area contributed by atoms with E-state index in [0.717, 1.165) is 38.4 Å². The van der Waals surface area contributed by atoms with Crippen LogP contribution < -0.4 is 11.0 Å². The molecule has 3 aromatic heterocycles. The number of benzene rings is 4. The Labute approximate surface area is 169 Å². The first-order chi connectivity index (χ1) is 14.8. The van der Waals surface area contributed by atoms with E-state index in [1.54, 1.807) is 4.40 Å². The summed E-state index contributed by atoms with van der Waals surface area (Å²) in [6.45, 7) is 0. The van der Waals surface area contributed by atoms with Crippen molar-refractivity contribution in [2.75, 3.05) is 0 Å². The van der Waals surface area contributed by atoms with E-state index in [2.05, 4.69) is 4.40 Å². The fourth-order valence-electron chi connectivity index (χ4n) is 5.01. The van der Waals surface area contributed by atoms with E-state index in [4.69, 9.17) is 0 Å². The Morgan fingerprint density at radius 1 is 0.433 bits per heavy atom. The van der Waals surface area contributed by atoms with Crippen LogP contribution in [-0.2, 0) is 0 Å². The molecule has 0 radical (unpaired) electrons. The third-order valence-corrected chi connectivity index (χ3v) is 6.25. The third-order valence-electron chi connectivity index (χ3n) is 6.25. The van der Waals surface area contributed by atoms with Crippen LogP contribution in [0.5, 0.6) is 0 Å². The van der Waals surface area contributed by atoms with Gasteiger partial charge in [-0.3, -0.25) is 14.0 Å². The molecule has 0 N–H and O–H groups in total. The summed E-state index contributed by atoms with van der Waals surface area (Å²) in [5.74, 6) is 0. The van der Waals surface area contributed by atoms with Gasteiger partial charge in [0, 0.05) is 21.5 Å². The third kappa shape index (κ3) is 1.68. The molecule has 0 amide bonds. The lowest BCUT2D eigenvalue weighted by molar-refractivity contribution is 1.21. The molecule has 3 heterocycles. The lowest BCUT2D eigenvalue weighted by Crippen LogP contribution is -2.09. The largest absolute Gasteiger partial charge is 0.306 e. The number of para-hydroxylation sites is 3. The summed E-state index contributed by atoms with van der Waals surface area (Å²) in [6.07, 6.45) is 0. The number of aromatic nitrogens is 2. The number of rotatable bonds is 0. The fourth-order valence-corrected chi connectivity index (χ4v) is 5.01. The Hall–Kier alpha value is -4.18. The minimum absolute atomic E-state index is 0.0117. The monoisotopic (exact) mass is 386 g/mol. The van der Waals surface area contributed by atoms with Crippen LogP contribution in [0.2, 0.25) is 0 Å². The maximum atomic E-state index is 13.8. The van der Waals surface area contributed by atoms with Crippen molar-refractivity contribution in [1.82, 2.24) is 8.80 Å². The Balaban J connectivity index is 2.08. The molecule has 0 fully saturated rings. The van der Waals surface area contributed by atoms with Gasteiger partial charge in [0.15, 0.2) is 5.43 Å². The van der Waals surface area contributed by atoms with Gasteiger partial charge < -0.3 is 4.40 Å². The summed E-state index contributed by atoms with van der Waals surface area (Å²) in [4.78, 5) is 27.3. The van der Waals surface area contributed by atoms with Crippen LogP contribution in [0, 0.1) is 0 Å². The molecule has 0 aliphatic rings. The average molecular weight is 386 g/mol. The number of hydrogen-bond acceptors (Lipinski definition) is 2. The van der Waals surface area contributed by atoms with Gasteiger partial charge in [-0.15, -0.1) is 0 Å². The molecule has 7 rings (SSSR count). The molecule has 0 bridgehead atoms. The predicted molar refractivity (Wildman–Crippen MR) is 122 cm³/mol. The van der Waals surface area contributed by atoms with Gasteiger partial charge in [0.25, 0.3) is 5.56 Å². The summed E-state index contributed by atoms with van der Waals surface area (Å²) >= 11 is 0. The molecule has 0 aliphatic carbocycles.